The van der Waals surface area contributed by atoms with Crippen molar-refractivity contribution in [3.05, 3.63) is 254 Å². The number of nitrogens with one attached hydrogen (secondary N) is 4. The van der Waals surface area contributed by atoms with Gasteiger partial charge in [-0.15, -0.1) is 12.4 Å². The van der Waals surface area contributed by atoms with Crippen LogP contribution >= 0.6 is 51.9 Å². The standard InChI is InChI=1S/C30H37N7O4.C25H29N7O2.C17H21N5O2S.C14H20N2O2.C9H12N4OS.C8H10BrNO.ClH/c1-18(2)36-26(38)22-16-31-27(34-25(22)37(36)24-10-8-9-23(33-24)30(6,7)40)32-21-12-11-20-17-35(14-13-19(20)15-21)28(39)41-29(3,4)5;1-15(2)31-23(33)19-14-27-24(28-18-9-8-17-13-26-11-10-16(17)12-18)30-22(19)32(31)21-7-5-6-20(29-21)25(3,4)34;1-10(2)21-15(23)11-9-18-16(25-5)20-14(11)22(21)13-8-6-7-12(19-13)17(3,4)24;1-14(2,3)18-13(17)16-7-6-10-8-12(15)5-4-11(10)9-16;1-5(2)13-8(14)6-4-10-9(15-3)11-7(6)12-13;1-8(2,11)6-4-3-5-7(9)10-6;/h8-12,15-16,18,40H,13-14,17H2,1-7H3,(H,31,32,34);5-9,12,14-15,26,34H,10-11,13H2,1-4H3,(H,27,28,30);6-10,24H,1-5H3;4-5,8H,6-7,9,15H2,1-3H3;4-5H,1-3H3,(H,10,11,12);3-5,11H,1-2H3;1H. The van der Waals surface area contributed by atoms with Crippen molar-refractivity contribution >= 4 is 137 Å². The lowest BCUT2D eigenvalue weighted by atomic mass is 9.99. The molecular formula is C103H130BrClN26O12S2. The number of fused-ring (bicyclic) bond motifs is 7. The van der Waals surface area contributed by atoms with Crippen LogP contribution in [-0.4, -0.2) is 183 Å². The number of hydrogen-bond donors (Lipinski definition) is 9. The fourth-order valence-electron chi connectivity index (χ4n) is 16.0. The number of carbonyl (C=O) groups is 2. The number of halogens is 2. The average Bonchev–Trinajstić information content (AvgIpc) is 1.60. The zero-order chi connectivity index (χ0) is 105. The highest BCUT2D eigenvalue weighted by molar-refractivity contribution is 9.10. The van der Waals surface area contributed by atoms with E-state index in [1.807, 2.05) is 176 Å². The van der Waals surface area contributed by atoms with Gasteiger partial charge in [0, 0.05) is 98.7 Å². The van der Waals surface area contributed by atoms with E-state index in [0.717, 1.165) is 64.3 Å². The lowest BCUT2D eigenvalue weighted by Crippen LogP contribution is -2.39. The number of thioether (sulfide) groups is 2. The van der Waals surface area contributed by atoms with Crippen LogP contribution in [0.4, 0.5) is 38.5 Å². The van der Waals surface area contributed by atoms with Crippen LogP contribution < -0.4 is 43.9 Å². The molecule has 3 aliphatic heterocycles. The monoisotopic (exact) mass is 2100 g/mol. The van der Waals surface area contributed by atoms with E-state index in [2.05, 4.69) is 99.0 Å². The Hall–Kier alpha value is -13.1. The summed E-state index contributed by atoms with van der Waals surface area (Å²) in [5.41, 5.74) is 13.7. The Balaban J connectivity index is 0.000000163. The van der Waals surface area contributed by atoms with Gasteiger partial charge in [0.1, 0.15) is 59.8 Å². The molecule has 0 bridgehead atoms. The summed E-state index contributed by atoms with van der Waals surface area (Å²) in [6.07, 6.45) is 12.0. The van der Waals surface area contributed by atoms with Crippen LogP contribution in [0.15, 0.2) is 186 Å². The molecule has 0 saturated carbocycles. The van der Waals surface area contributed by atoms with Crippen molar-refractivity contribution in [1.82, 2.24) is 113 Å². The van der Waals surface area contributed by atoms with E-state index in [1.54, 1.807) is 165 Å². The molecule has 0 spiro atoms. The van der Waals surface area contributed by atoms with Crippen LogP contribution in [-0.2, 0) is 70.8 Å². The molecule has 0 fully saturated rings. The maximum Gasteiger partial charge on any atom is 0.410 e. The molecule has 12 aromatic heterocycles. The van der Waals surface area contributed by atoms with Crippen molar-refractivity contribution in [3.8, 4) is 17.5 Å². The molecule has 15 heterocycles. The quantitative estimate of drug-likeness (QED) is 0.0177. The third-order valence-corrected chi connectivity index (χ3v) is 24.7. The van der Waals surface area contributed by atoms with E-state index < -0.39 is 33.6 Å². The summed E-state index contributed by atoms with van der Waals surface area (Å²) in [5, 5.41) is 56.7. The summed E-state index contributed by atoms with van der Waals surface area (Å²) in [7, 11) is 0. The highest BCUT2D eigenvalue weighted by Gasteiger charge is 2.33. The van der Waals surface area contributed by atoms with Crippen molar-refractivity contribution in [2.45, 2.75) is 259 Å². The number of rotatable bonds is 17. The molecule has 15 aromatic rings. The molecule has 0 saturated heterocycles. The first-order chi connectivity index (χ1) is 67.6. The molecule has 3 aliphatic rings. The lowest BCUT2D eigenvalue weighted by molar-refractivity contribution is 0.0214. The summed E-state index contributed by atoms with van der Waals surface area (Å²) >= 11 is 6.10. The van der Waals surface area contributed by atoms with Crippen molar-refractivity contribution in [2.24, 2.45) is 0 Å². The third kappa shape index (κ3) is 26.8. The summed E-state index contributed by atoms with van der Waals surface area (Å²) in [4.78, 5) is 133. The Bertz CT molecular complexity index is 7470. The first-order valence-corrected chi connectivity index (χ1v) is 50.7. The van der Waals surface area contributed by atoms with Crippen molar-refractivity contribution < 1.29 is 39.5 Å². The second-order valence-electron chi connectivity index (χ2n) is 40.3. The Kier molecular flexibility index (Phi) is 34.5. The van der Waals surface area contributed by atoms with Gasteiger partial charge in [-0.05, 0) is 325 Å². The van der Waals surface area contributed by atoms with Gasteiger partial charge in [0.05, 0.1) is 22.8 Å². The topological polar surface area (TPSA) is 475 Å². The molecule has 10 N–H and O–H groups in total. The van der Waals surface area contributed by atoms with E-state index in [4.69, 9.17) is 25.2 Å². The highest BCUT2D eigenvalue weighted by Crippen LogP contribution is 2.33. The van der Waals surface area contributed by atoms with E-state index >= 15 is 0 Å². The fourth-order valence-corrected chi connectivity index (χ4v) is 17.0. The lowest BCUT2D eigenvalue weighted by Gasteiger charge is -2.31. The Labute approximate surface area is 863 Å². The van der Waals surface area contributed by atoms with Crippen molar-refractivity contribution in [3.63, 3.8) is 0 Å². The Morgan fingerprint density at radius 2 is 0.793 bits per heavy atom. The summed E-state index contributed by atoms with van der Waals surface area (Å²) in [6.45, 7) is 44.3. The van der Waals surface area contributed by atoms with E-state index in [-0.39, 0.29) is 71.0 Å². The molecule has 145 heavy (non-hydrogen) atoms. The van der Waals surface area contributed by atoms with Crippen molar-refractivity contribution in [1.29, 1.82) is 0 Å². The molecule has 770 valence electrons. The van der Waals surface area contributed by atoms with Gasteiger partial charge < -0.3 is 61.4 Å². The number of H-pyrrole nitrogens is 1. The van der Waals surface area contributed by atoms with Crippen LogP contribution in [0.2, 0.25) is 0 Å². The number of ether oxygens (including phenoxy) is 2. The number of aliphatic hydroxyl groups is 4. The second kappa shape index (κ2) is 45.2. The molecule has 38 nitrogen and oxygen atoms in total. The number of nitrogens with zero attached hydrogens (tertiary/aromatic N) is 21. The first-order valence-electron chi connectivity index (χ1n) is 47.5. The highest BCUT2D eigenvalue weighted by atomic mass is 79.9. The number of anilines is 5. The van der Waals surface area contributed by atoms with E-state index in [9.17, 15) is 49.2 Å². The average molecular weight is 2100 g/mol. The number of benzene rings is 3. The normalized spacial score (nSPS) is 13.3. The zero-order valence-electron chi connectivity index (χ0n) is 86.2. The van der Waals surface area contributed by atoms with Gasteiger partial charge in [-0.3, -0.25) is 24.3 Å². The number of hydrogen-bond acceptors (Lipinski definition) is 30. The number of pyridine rings is 4. The number of nitrogens with two attached hydrogens (primary N) is 1. The predicted molar refractivity (Wildman–Crippen MR) is 573 cm³/mol. The number of aromatic amines is 1. The van der Waals surface area contributed by atoms with E-state index in [0.29, 0.717) is 139 Å². The maximum atomic E-state index is 13.4. The first kappa shape index (κ1) is 111. The molecule has 2 amide bonds. The third-order valence-electron chi connectivity index (χ3n) is 23.1. The molecule has 0 atom stereocenters. The number of amides is 2. The SMILES string of the molecule is CC(C)(C)OC(=O)N1CCc2cc(N)ccc2C1.CC(C)(O)c1cccc(Br)n1.CC(C)n1c(=O)c2cnc(Nc3ccc4c(c3)CCN(C(=O)OC(C)(C)C)C4)nc2n1-c1cccc(C(C)(C)O)n1.CC(C)n1c(=O)c2cnc(Nc3ccc4c(c3)CCNC4)nc2n1-c1cccc(C(C)(C)O)n1.CSc1ncc2c(=O)n(C(C)C)[nH]c2n1.CSc1ncc2c(=O)n(C(C)C)n(-c3cccc(C(C)(C)O)n3)c2n1.Cl. The predicted octanol–water partition coefficient (Wildman–Crippen LogP) is 17.0. The van der Waals surface area contributed by atoms with Gasteiger partial charge in [0.15, 0.2) is 50.4 Å². The number of aromatic nitrogens is 20. The molecular weight excluding hydrogens is 1970 g/mol. The smallest absolute Gasteiger partial charge is 0.410 e. The van der Waals surface area contributed by atoms with Crippen LogP contribution in [0.5, 0.6) is 0 Å². The molecule has 0 radical (unpaired) electrons. The summed E-state index contributed by atoms with van der Waals surface area (Å²) in [5.74, 6) is 2.24. The second-order valence-corrected chi connectivity index (χ2v) is 42.7. The fraction of sp³-hybridized carbons (Fsp3) is 0.417. The molecule has 42 heteroatoms. The largest absolute Gasteiger partial charge is 0.444 e. The van der Waals surface area contributed by atoms with Crippen LogP contribution in [0, 0.1) is 0 Å². The van der Waals surface area contributed by atoms with Gasteiger partial charge in [-0.1, -0.05) is 66.0 Å². The number of nitrogen functional groups attached to an aromatic ring is 1. The van der Waals surface area contributed by atoms with Crippen LogP contribution in [0.25, 0.3) is 61.6 Å². The van der Waals surface area contributed by atoms with Gasteiger partial charge in [-0.25, -0.2) is 92.2 Å². The van der Waals surface area contributed by atoms with Gasteiger partial charge in [0.25, 0.3) is 22.2 Å². The zero-order valence-corrected chi connectivity index (χ0v) is 90.3. The minimum absolute atomic E-state index is 0. The molecule has 18 rings (SSSR count). The maximum absolute atomic E-state index is 13.4. The summed E-state index contributed by atoms with van der Waals surface area (Å²) < 4.78 is 23.1. The Morgan fingerprint density at radius 1 is 0.428 bits per heavy atom. The minimum atomic E-state index is -1.15. The molecule has 3 aromatic carbocycles. The molecule has 0 unspecified atom stereocenters. The number of carbonyl (C=O) groups excluding carboxylic acids is 2. The Morgan fingerprint density at radius 3 is 1.18 bits per heavy atom. The minimum Gasteiger partial charge on any atom is -0.444 e. The van der Waals surface area contributed by atoms with Crippen LogP contribution in [0.3, 0.4) is 0 Å². The van der Waals surface area contributed by atoms with E-state index in [1.165, 1.54) is 46.4 Å². The van der Waals surface area contributed by atoms with Crippen molar-refractivity contribution in [2.75, 3.05) is 48.5 Å². The van der Waals surface area contributed by atoms with Gasteiger partial charge in [0.2, 0.25) is 11.9 Å². The van der Waals surface area contributed by atoms with Gasteiger partial charge in [-0.2, -0.15) is 9.97 Å². The summed E-state index contributed by atoms with van der Waals surface area (Å²) in [6, 6.07) is 39.3. The van der Waals surface area contributed by atoms with Crippen LogP contribution in [0.1, 0.15) is 233 Å². The molecule has 0 aliphatic carbocycles. The van der Waals surface area contributed by atoms with Gasteiger partial charge >= 0.3 is 12.2 Å².